The number of aliphatic hydroxyl groups is 4. The third-order valence-corrected chi connectivity index (χ3v) is 1.51. The van der Waals surface area contributed by atoms with Gasteiger partial charge in [0, 0.05) is 46.6 Å². The zero-order valence-electron chi connectivity index (χ0n) is 16.0. The molecular formula is C17H42O4Ti. The van der Waals surface area contributed by atoms with E-state index < -0.39 is 0 Å². The molecule has 0 aliphatic heterocycles. The Morgan fingerprint density at radius 3 is 1.05 bits per heavy atom. The molecule has 5 heteroatoms. The van der Waals surface area contributed by atoms with Gasteiger partial charge in [0.2, 0.25) is 0 Å². The van der Waals surface area contributed by atoms with Gasteiger partial charge >= 0.3 is 0 Å². The minimum absolute atomic E-state index is 0. The molecule has 0 spiro atoms. The van der Waals surface area contributed by atoms with Crippen molar-refractivity contribution in [2.24, 2.45) is 0 Å². The van der Waals surface area contributed by atoms with E-state index in [9.17, 15) is 0 Å². The van der Waals surface area contributed by atoms with E-state index in [0.717, 1.165) is 6.42 Å². The summed E-state index contributed by atoms with van der Waals surface area (Å²) in [6.45, 7) is 12.9. The minimum atomic E-state index is -0.167. The molecule has 0 aromatic heterocycles. The van der Waals surface area contributed by atoms with Crippen LogP contribution in [0.15, 0.2) is 0 Å². The van der Waals surface area contributed by atoms with Crippen molar-refractivity contribution in [2.75, 3.05) is 6.61 Å². The Balaban J connectivity index is -0.0000000632. The predicted octanol–water partition coefficient (Wildman–Crippen LogP) is 3.50. The number of hydrogen-bond donors (Lipinski definition) is 4. The normalized spacial score (nSPS) is 9.00. The molecule has 0 aliphatic rings. The van der Waals surface area contributed by atoms with Crippen molar-refractivity contribution in [3.05, 3.63) is 0 Å². The van der Waals surface area contributed by atoms with Crippen LogP contribution in [0.1, 0.15) is 87.0 Å². The first-order valence-electron chi connectivity index (χ1n) is 8.26. The third kappa shape index (κ3) is 183. The maximum Gasteiger partial charge on any atom is 0.0483 e. The van der Waals surface area contributed by atoms with Gasteiger partial charge in [-0.25, -0.2) is 0 Å². The topological polar surface area (TPSA) is 80.9 Å². The molecule has 0 atom stereocenters. The number of aliphatic hydroxyl groups excluding tert-OH is 4. The quantitative estimate of drug-likeness (QED) is 0.433. The summed E-state index contributed by atoms with van der Waals surface area (Å²) >= 11 is 0. The van der Waals surface area contributed by atoms with Crippen LogP contribution in [-0.2, 0) is 21.7 Å². The zero-order chi connectivity index (χ0) is 17.7. The average molecular weight is 358 g/mol. The Labute approximate surface area is 154 Å². The van der Waals surface area contributed by atoms with Crippen LogP contribution in [0.2, 0.25) is 0 Å². The van der Waals surface area contributed by atoms with E-state index in [2.05, 4.69) is 6.92 Å². The molecule has 22 heavy (non-hydrogen) atoms. The molecule has 0 saturated heterocycles. The molecule has 138 valence electrons. The standard InChI is InChI=1S/C8H18O.3C3H8O.Ti/c1-2-3-4-5-6-7-8-9;3*1-3(2)4;/h9H,2-8H2,1H3;3*3-4H,1-2H3;. The summed E-state index contributed by atoms with van der Waals surface area (Å²) in [6, 6.07) is 0. The van der Waals surface area contributed by atoms with Crippen LogP contribution in [0.5, 0.6) is 0 Å². The first kappa shape index (κ1) is 34.0. The molecule has 0 unspecified atom stereocenters. The van der Waals surface area contributed by atoms with Gasteiger partial charge in [0.05, 0.1) is 0 Å². The van der Waals surface area contributed by atoms with Crippen LogP contribution < -0.4 is 0 Å². The summed E-state index contributed by atoms with van der Waals surface area (Å²) < 4.78 is 0. The van der Waals surface area contributed by atoms with Gasteiger partial charge in [-0.3, -0.25) is 0 Å². The summed E-state index contributed by atoms with van der Waals surface area (Å²) in [5, 5.41) is 32.6. The van der Waals surface area contributed by atoms with Crippen LogP contribution >= 0.6 is 0 Å². The van der Waals surface area contributed by atoms with E-state index in [1.165, 1.54) is 32.1 Å². The summed E-state index contributed by atoms with van der Waals surface area (Å²) in [4.78, 5) is 0. The maximum absolute atomic E-state index is 8.42. The fraction of sp³-hybridized carbons (Fsp3) is 1.00. The summed E-state index contributed by atoms with van der Waals surface area (Å²) in [6.07, 6.45) is 7.00. The zero-order valence-corrected chi connectivity index (χ0v) is 17.5. The van der Waals surface area contributed by atoms with Crippen LogP contribution in [0.25, 0.3) is 0 Å². The Kier molecular flexibility index (Phi) is 51.4. The van der Waals surface area contributed by atoms with Crippen molar-refractivity contribution in [2.45, 2.75) is 105 Å². The van der Waals surface area contributed by atoms with Crippen LogP contribution in [-0.4, -0.2) is 45.3 Å². The predicted molar refractivity (Wildman–Crippen MR) is 92.5 cm³/mol. The first-order valence-corrected chi connectivity index (χ1v) is 8.26. The van der Waals surface area contributed by atoms with Crippen molar-refractivity contribution in [3.63, 3.8) is 0 Å². The van der Waals surface area contributed by atoms with E-state index in [0.29, 0.717) is 6.61 Å². The van der Waals surface area contributed by atoms with Gasteiger partial charge < -0.3 is 20.4 Å². The smallest absolute Gasteiger partial charge is 0.0483 e. The van der Waals surface area contributed by atoms with Crippen molar-refractivity contribution in [1.29, 1.82) is 0 Å². The van der Waals surface area contributed by atoms with E-state index >= 15 is 0 Å². The van der Waals surface area contributed by atoms with Crippen molar-refractivity contribution >= 4 is 0 Å². The van der Waals surface area contributed by atoms with Gasteiger partial charge in [-0.15, -0.1) is 0 Å². The molecule has 0 heterocycles. The van der Waals surface area contributed by atoms with Gasteiger partial charge in [0.1, 0.15) is 0 Å². The largest absolute Gasteiger partial charge is 0.396 e. The summed E-state index contributed by atoms with van der Waals surface area (Å²) in [5.41, 5.74) is 0. The molecule has 0 bridgehead atoms. The van der Waals surface area contributed by atoms with Crippen molar-refractivity contribution < 1.29 is 42.1 Å². The molecule has 0 aliphatic carbocycles. The molecule has 0 rings (SSSR count). The first-order chi connectivity index (χ1) is 9.61. The summed E-state index contributed by atoms with van der Waals surface area (Å²) in [5.74, 6) is 0. The van der Waals surface area contributed by atoms with Gasteiger partial charge in [-0.05, 0) is 48.0 Å². The minimum Gasteiger partial charge on any atom is -0.396 e. The molecular weight excluding hydrogens is 316 g/mol. The molecule has 0 aromatic carbocycles. The SMILES string of the molecule is CC(C)O.CC(C)O.CC(C)O.CCCCCCCCO.[Ti]. The molecule has 4 N–H and O–H groups in total. The Hall–Kier alpha value is 0.554. The molecule has 0 radical (unpaired) electrons. The van der Waals surface area contributed by atoms with Gasteiger partial charge in [-0.2, -0.15) is 0 Å². The van der Waals surface area contributed by atoms with E-state index in [1.807, 2.05) is 0 Å². The van der Waals surface area contributed by atoms with Gasteiger partial charge in [-0.1, -0.05) is 39.0 Å². The fourth-order valence-electron chi connectivity index (χ4n) is 0.892. The average Bonchev–Trinajstić information content (AvgIpc) is 2.26. The van der Waals surface area contributed by atoms with Crippen LogP contribution in [0, 0.1) is 0 Å². The van der Waals surface area contributed by atoms with E-state index in [-0.39, 0.29) is 40.0 Å². The third-order valence-electron chi connectivity index (χ3n) is 1.51. The molecule has 0 fully saturated rings. The second-order valence-electron chi connectivity index (χ2n) is 5.77. The van der Waals surface area contributed by atoms with E-state index in [4.69, 9.17) is 20.4 Å². The Morgan fingerprint density at radius 1 is 0.591 bits per heavy atom. The Bertz CT molecular complexity index is 114. The van der Waals surface area contributed by atoms with Crippen LogP contribution in [0.4, 0.5) is 0 Å². The van der Waals surface area contributed by atoms with E-state index in [1.54, 1.807) is 41.5 Å². The molecule has 0 amide bonds. The number of rotatable bonds is 6. The van der Waals surface area contributed by atoms with Crippen molar-refractivity contribution in [1.82, 2.24) is 0 Å². The number of hydrogen-bond acceptors (Lipinski definition) is 4. The van der Waals surface area contributed by atoms with Gasteiger partial charge in [0.25, 0.3) is 0 Å². The summed E-state index contributed by atoms with van der Waals surface area (Å²) in [7, 11) is 0. The monoisotopic (exact) mass is 358 g/mol. The Morgan fingerprint density at radius 2 is 0.818 bits per heavy atom. The number of unbranched alkanes of at least 4 members (excludes halogenated alkanes) is 5. The van der Waals surface area contributed by atoms with Gasteiger partial charge in [0.15, 0.2) is 0 Å². The molecule has 0 aromatic rings. The van der Waals surface area contributed by atoms with Crippen molar-refractivity contribution in [3.8, 4) is 0 Å². The maximum atomic E-state index is 8.42. The fourth-order valence-corrected chi connectivity index (χ4v) is 0.892. The second kappa shape index (κ2) is 33.2. The van der Waals surface area contributed by atoms with Crippen LogP contribution in [0.3, 0.4) is 0 Å². The molecule has 0 saturated carbocycles. The second-order valence-corrected chi connectivity index (χ2v) is 5.77. The molecule has 4 nitrogen and oxygen atoms in total.